The summed E-state index contributed by atoms with van der Waals surface area (Å²) in [6.07, 6.45) is 0. The molecule has 3 N–H and O–H groups in total. The number of H-pyrrole nitrogens is 1. The number of aryl methyl sites for hydroxylation is 1. The van der Waals surface area contributed by atoms with Crippen LogP contribution in [0.5, 0.6) is 0 Å². The zero-order valence-corrected chi connectivity index (χ0v) is 12.8. The van der Waals surface area contributed by atoms with Crippen molar-refractivity contribution in [3.63, 3.8) is 0 Å². The lowest BCUT2D eigenvalue weighted by Crippen LogP contribution is -2.24. The molecule has 0 saturated heterocycles. The molecular weight excluding hydrogens is 300 g/mol. The van der Waals surface area contributed by atoms with Crippen molar-refractivity contribution in [3.8, 4) is 0 Å². The highest BCUT2D eigenvalue weighted by Gasteiger charge is 2.20. The Morgan fingerprint density at radius 3 is 2.85 bits per heavy atom. The summed E-state index contributed by atoms with van der Waals surface area (Å²) in [5.41, 5.74) is 0. The number of sulfonamides is 1. The molecule has 2 aromatic heterocycles. The smallest absolute Gasteiger partial charge is 0.242 e. The highest BCUT2D eigenvalue weighted by Crippen LogP contribution is 2.25. The molecular formula is C10H16N6O2S2. The van der Waals surface area contributed by atoms with Crippen molar-refractivity contribution < 1.29 is 8.42 Å². The average molecular weight is 316 g/mol. The van der Waals surface area contributed by atoms with E-state index in [0.717, 1.165) is 16.3 Å². The minimum Gasteiger partial charge on any atom is -0.312 e. The molecule has 0 aliphatic carbocycles. The minimum atomic E-state index is -3.56. The van der Waals surface area contributed by atoms with Gasteiger partial charge in [0.15, 0.2) is 5.82 Å². The van der Waals surface area contributed by atoms with E-state index in [1.807, 2.05) is 6.92 Å². The molecule has 2 heterocycles. The fourth-order valence-electron chi connectivity index (χ4n) is 1.62. The van der Waals surface area contributed by atoms with Gasteiger partial charge in [0.05, 0.1) is 11.4 Å². The Morgan fingerprint density at radius 1 is 1.40 bits per heavy atom. The summed E-state index contributed by atoms with van der Waals surface area (Å²) in [5.74, 6) is 0.300. The van der Waals surface area contributed by atoms with Gasteiger partial charge in [-0.25, -0.2) is 13.1 Å². The van der Waals surface area contributed by atoms with Crippen LogP contribution in [0.3, 0.4) is 0 Å². The van der Waals surface area contributed by atoms with Crippen LogP contribution in [0.2, 0.25) is 0 Å². The van der Waals surface area contributed by atoms with E-state index in [1.54, 1.807) is 13.0 Å². The van der Waals surface area contributed by atoms with Crippen molar-refractivity contribution in [1.82, 2.24) is 30.7 Å². The van der Waals surface area contributed by atoms with Crippen LogP contribution in [-0.2, 0) is 23.1 Å². The zero-order valence-electron chi connectivity index (χ0n) is 11.2. The first-order chi connectivity index (χ1) is 9.53. The molecule has 0 aliphatic heterocycles. The van der Waals surface area contributed by atoms with Gasteiger partial charge in [-0.2, -0.15) is 5.21 Å². The largest absolute Gasteiger partial charge is 0.312 e. The van der Waals surface area contributed by atoms with Gasteiger partial charge in [-0.3, -0.25) is 0 Å². The first-order valence-electron chi connectivity index (χ1n) is 6.05. The van der Waals surface area contributed by atoms with Gasteiger partial charge in [-0.05, 0) is 19.5 Å². The lowest BCUT2D eigenvalue weighted by atomic mass is 10.4. The molecule has 0 bridgehead atoms. The maximum Gasteiger partial charge on any atom is 0.242 e. The van der Waals surface area contributed by atoms with E-state index in [9.17, 15) is 8.42 Å². The van der Waals surface area contributed by atoms with E-state index in [-0.39, 0.29) is 6.54 Å². The molecule has 0 atom stereocenters. The van der Waals surface area contributed by atoms with E-state index < -0.39 is 10.0 Å². The summed E-state index contributed by atoms with van der Waals surface area (Å²) in [7, 11) is -3.56. The van der Waals surface area contributed by atoms with Crippen molar-refractivity contribution in [2.75, 3.05) is 6.54 Å². The van der Waals surface area contributed by atoms with Gasteiger partial charge in [-0.15, -0.1) is 21.5 Å². The number of aromatic amines is 1. The van der Waals surface area contributed by atoms with Crippen molar-refractivity contribution >= 4 is 21.4 Å². The number of rotatable bonds is 7. The van der Waals surface area contributed by atoms with Gasteiger partial charge in [0.25, 0.3) is 0 Å². The number of nitrogens with zero attached hydrogens (tertiary/aromatic N) is 3. The van der Waals surface area contributed by atoms with Crippen molar-refractivity contribution in [3.05, 3.63) is 21.6 Å². The second-order valence-electron chi connectivity index (χ2n) is 4.07. The highest BCUT2D eigenvalue weighted by atomic mass is 32.2. The Kier molecular flexibility index (Phi) is 4.81. The summed E-state index contributed by atoms with van der Waals surface area (Å²) >= 11 is 1.47. The predicted octanol–water partition coefficient (Wildman–Crippen LogP) is 0.158. The molecule has 0 aromatic carbocycles. The van der Waals surface area contributed by atoms with Crippen molar-refractivity contribution in [2.45, 2.75) is 31.8 Å². The molecule has 0 amide bonds. The average Bonchev–Trinajstić information content (AvgIpc) is 3.03. The van der Waals surface area contributed by atoms with Crippen LogP contribution in [0.15, 0.2) is 11.0 Å². The van der Waals surface area contributed by atoms with Crippen molar-refractivity contribution in [1.29, 1.82) is 0 Å². The van der Waals surface area contributed by atoms with Crippen LogP contribution in [0.4, 0.5) is 0 Å². The lowest BCUT2D eigenvalue weighted by molar-refractivity contribution is 0.579. The normalized spacial score (nSPS) is 11.9. The van der Waals surface area contributed by atoms with Crippen LogP contribution in [-0.4, -0.2) is 35.6 Å². The molecule has 0 radical (unpaired) electrons. The summed E-state index contributed by atoms with van der Waals surface area (Å²) in [4.78, 5) is 2.06. The monoisotopic (exact) mass is 316 g/mol. The number of tetrazole rings is 1. The number of aromatic nitrogens is 4. The van der Waals surface area contributed by atoms with Crippen LogP contribution in [0.1, 0.15) is 22.5 Å². The Labute approximate surface area is 121 Å². The summed E-state index contributed by atoms with van der Waals surface area (Å²) in [5, 5.41) is 16.2. The Morgan fingerprint density at radius 2 is 2.20 bits per heavy atom. The summed E-state index contributed by atoms with van der Waals surface area (Å²) in [6.45, 7) is 5.32. The number of thiophene rings is 1. The molecule has 0 spiro atoms. The number of hydrogen-bond acceptors (Lipinski definition) is 7. The maximum absolute atomic E-state index is 12.2. The van der Waals surface area contributed by atoms with E-state index in [1.165, 1.54) is 11.3 Å². The molecule has 110 valence electrons. The third-order valence-electron chi connectivity index (χ3n) is 2.57. The van der Waals surface area contributed by atoms with Gasteiger partial charge in [0.2, 0.25) is 10.0 Å². The molecule has 0 fully saturated rings. The molecule has 0 unspecified atom stereocenters. The third-order valence-corrected chi connectivity index (χ3v) is 5.28. The van der Waals surface area contributed by atoms with Gasteiger partial charge >= 0.3 is 0 Å². The molecule has 10 heteroatoms. The van der Waals surface area contributed by atoms with Crippen molar-refractivity contribution in [2.24, 2.45) is 0 Å². The minimum absolute atomic E-state index is 0.0106. The lowest BCUT2D eigenvalue weighted by Gasteiger charge is -2.03. The topological polar surface area (TPSA) is 113 Å². The second-order valence-corrected chi connectivity index (χ2v) is 7.14. The first kappa shape index (κ1) is 15.0. The highest BCUT2D eigenvalue weighted by molar-refractivity contribution is 7.89. The van der Waals surface area contributed by atoms with E-state index >= 15 is 0 Å². The molecule has 2 rings (SSSR count). The number of hydrogen-bond donors (Lipinski definition) is 3. The first-order valence-corrected chi connectivity index (χ1v) is 8.35. The van der Waals surface area contributed by atoms with E-state index in [2.05, 4.69) is 30.7 Å². The molecule has 0 aliphatic rings. The SMILES string of the molecule is CCNCc1cc(S(=O)(=O)NCc2nn[nH]n2)c(C)s1. The zero-order chi connectivity index (χ0) is 14.6. The number of nitrogens with one attached hydrogen (secondary N) is 3. The molecule has 0 saturated carbocycles. The third kappa shape index (κ3) is 3.60. The van der Waals surface area contributed by atoms with E-state index in [0.29, 0.717) is 17.3 Å². The maximum atomic E-state index is 12.2. The standard InChI is InChI=1S/C10H16N6O2S2/c1-3-11-5-8-4-9(7(2)19-8)20(17,18)12-6-10-13-15-16-14-10/h4,11-12H,3,5-6H2,1-2H3,(H,13,14,15,16). The van der Waals surface area contributed by atoms with Gasteiger partial charge in [0, 0.05) is 16.3 Å². The van der Waals surface area contributed by atoms with Crippen LogP contribution in [0, 0.1) is 6.92 Å². The van der Waals surface area contributed by atoms with E-state index in [4.69, 9.17) is 0 Å². The van der Waals surface area contributed by atoms with Crippen LogP contribution < -0.4 is 10.0 Å². The summed E-state index contributed by atoms with van der Waals surface area (Å²) < 4.78 is 26.9. The Balaban J connectivity index is 2.10. The fraction of sp³-hybridized carbons (Fsp3) is 0.500. The Bertz CT molecular complexity index is 649. The van der Waals surface area contributed by atoms with Gasteiger partial charge in [0.1, 0.15) is 0 Å². The molecule has 20 heavy (non-hydrogen) atoms. The summed E-state index contributed by atoms with van der Waals surface area (Å²) in [6, 6.07) is 1.70. The van der Waals surface area contributed by atoms with Gasteiger partial charge < -0.3 is 5.32 Å². The second kappa shape index (κ2) is 6.39. The van der Waals surface area contributed by atoms with Gasteiger partial charge in [-0.1, -0.05) is 12.1 Å². The van der Waals surface area contributed by atoms with Crippen LogP contribution >= 0.6 is 11.3 Å². The van der Waals surface area contributed by atoms with Crippen LogP contribution in [0.25, 0.3) is 0 Å². The quantitative estimate of drug-likeness (QED) is 0.670. The predicted molar refractivity (Wildman–Crippen MR) is 74.6 cm³/mol. The fourth-order valence-corrected chi connectivity index (χ4v) is 4.20. The Hall–Kier alpha value is -1.36. The molecule has 8 nitrogen and oxygen atoms in total. The molecule has 2 aromatic rings.